The van der Waals surface area contributed by atoms with E-state index in [1.54, 1.807) is 18.2 Å². The van der Waals surface area contributed by atoms with Crippen molar-refractivity contribution >= 4 is 49.8 Å². The maximum absolute atomic E-state index is 14.1. The minimum atomic E-state index is -4.42. The van der Waals surface area contributed by atoms with Gasteiger partial charge in [0.05, 0.1) is 17.4 Å². The number of hydrogen-bond acceptors (Lipinski definition) is 6. The number of nitrogens with one attached hydrogen (secondary N) is 2. The van der Waals surface area contributed by atoms with E-state index < -0.39 is 26.6 Å². The smallest absolute Gasteiger partial charge is 0.264 e. The molecular weight excluding hydrogens is 490 g/mol. The molecule has 0 saturated heterocycles. The number of sulfonamides is 1. The number of carbonyl (C=O) groups excluding carboxylic acids is 1. The highest BCUT2D eigenvalue weighted by Crippen LogP contribution is 2.37. The van der Waals surface area contributed by atoms with Crippen LogP contribution in [0.2, 0.25) is 5.15 Å². The molecular formula is C22H13ClF2N4O4S. The van der Waals surface area contributed by atoms with Gasteiger partial charge < -0.3 is 10.1 Å². The summed E-state index contributed by atoms with van der Waals surface area (Å²) < 4.78 is 60.4. The Hall–Kier alpha value is -3.83. The van der Waals surface area contributed by atoms with Gasteiger partial charge in [-0.15, -0.1) is 0 Å². The van der Waals surface area contributed by atoms with Gasteiger partial charge in [-0.3, -0.25) is 14.5 Å². The fourth-order valence-corrected chi connectivity index (χ4v) is 4.81. The summed E-state index contributed by atoms with van der Waals surface area (Å²) in [6.07, 6.45) is 2.94. The van der Waals surface area contributed by atoms with Gasteiger partial charge in [0.1, 0.15) is 22.2 Å². The molecule has 12 heteroatoms. The zero-order valence-corrected chi connectivity index (χ0v) is 18.5. The summed E-state index contributed by atoms with van der Waals surface area (Å²) in [6, 6.07) is 8.78. The SMILES string of the molecule is O=C1COc2c(cnc3ccc(-c4cnc(Cl)c(NS(=O)(=O)c5ccc(F)cc5F)c4)cc23)N1. The molecule has 0 fully saturated rings. The van der Waals surface area contributed by atoms with Crippen LogP contribution >= 0.6 is 11.6 Å². The number of nitrogens with zero attached hydrogens (tertiary/aromatic N) is 2. The molecule has 2 aromatic heterocycles. The number of rotatable bonds is 4. The lowest BCUT2D eigenvalue weighted by Gasteiger charge is -2.19. The molecule has 1 aliphatic heterocycles. The summed E-state index contributed by atoms with van der Waals surface area (Å²) in [5.41, 5.74) is 2.07. The summed E-state index contributed by atoms with van der Waals surface area (Å²) in [4.78, 5) is 19.2. The lowest BCUT2D eigenvalue weighted by molar-refractivity contribution is -0.118. The second-order valence-corrected chi connectivity index (χ2v) is 9.32. The first-order valence-corrected chi connectivity index (χ1v) is 11.6. The highest BCUT2D eigenvalue weighted by Gasteiger charge is 2.22. The number of anilines is 2. The van der Waals surface area contributed by atoms with E-state index in [0.717, 1.165) is 12.1 Å². The highest BCUT2D eigenvalue weighted by molar-refractivity contribution is 7.92. The number of halogens is 3. The van der Waals surface area contributed by atoms with Gasteiger partial charge in [0.25, 0.3) is 15.9 Å². The first-order valence-electron chi connectivity index (χ1n) is 9.70. The fourth-order valence-electron chi connectivity index (χ4n) is 3.49. The molecule has 0 radical (unpaired) electrons. The van der Waals surface area contributed by atoms with Crippen LogP contribution in [0.25, 0.3) is 22.0 Å². The number of carbonyl (C=O) groups is 1. The summed E-state index contributed by atoms with van der Waals surface area (Å²) in [5, 5.41) is 3.15. The van der Waals surface area contributed by atoms with Gasteiger partial charge in [-0.05, 0) is 35.9 Å². The van der Waals surface area contributed by atoms with Crippen LogP contribution in [0, 0.1) is 11.6 Å². The molecule has 2 aromatic carbocycles. The Labute approximate surface area is 196 Å². The minimum Gasteiger partial charge on any atom is -0.481 e. The van der Waals surface area contributed by atoms with Crippen LogP contribution in [0.4, 0.5) is 20.2 Å². The van der Waals surface area contributed by atoms with Crippen LogP contribution in [-0.4, -0.2) is 30.9 Å². The van der Waals surface area contributed by atoms with Gasteiger partial charge >= 0.3 is 0 Å². The normalized spacial score (nSPS) is 13.2. The molecule has 0 unspecified atom stereocenters. The Morgan fingerprint density at radius 2 is 1.85 bits per heavy atom. The Morgan fingerprint density at radius 1 is 1.03 bits per heavy atom. The third kappa shape index (κ3) is 3.99. The Morgan fingerprint density at radius 3 is 2.65 bits per heavy atom. The van der Waals surface area contributed by atoms with E-state index in [1.165, 1.54) is 18.5 Å². The minimum absolute atomic E-state index is 0.0975. The van der Waals surface area contributed by atoms with Crippen LogP contribution in [0.3, 0.4) is 0 Å². The van der Waals surface area contributed by atoms with Crippen LogP contribution in [0.1, 0.15) is 0 Å². The number of ether oxygens (including phenoxy) is 1. The van der Waals surface area contributed by atoms with Crippen molar-refractivity contribution in [3.05, 3.63) is 71.6 Å². The third-order valence-electron chi connectivity index (χ3n) is 5.04. The number of fused-ring (bicyclic) bond motifs is 3. The second kappa shape index (κ2) is 8.19. The lowest BCUT2D eigenvalue weighted by Crippen LogP contribution is -2.25. The van der Waals surface area contributed by atoms with Crippen molar-refractivity contribution in [3.8, 4) is 16.9 Å². The van der Waals surface area contributed by atoms with E-state index in [2.05, 4.69) is 20.0 Å². The highest BCUT2D eigenvalue weighted by atomic mass is 35.5. The van der Waals surface area contributed by atoms with Gasteiger partial charge in [0, 0.05) is 23.2 Å². The van der Waals surface area contributed by atoms with E-state index in [0.29, 0.717) is 39.5 Å². The van der Waals surface area contributed by atoms with Gasteiger partial charge in [0.2, 0.25) is 0 Å². The second-order valence-electron chi connectivity index (χ2n) is 7.31. The first-order chi connectivity index (χ1) is 16.2. The molecule has 0 saturated carbocycles. The summed E-state index contributed by atoms with van der Waals surface area (Å²) in [7, 11) is -4.42. The maximum Gasteiger partial charge on any atom is 0.264 e. The molecule has 8 nitrogen and oxygen atoms in total. The van der Waals surface area contributed by atoms with E-state index in [-0.39, 0.29) is 23.4 Å². The van der Waals surface area contributed by atoms with Crippen molar-refractivity contribution < 1.29 is 26.7 Å². The van der Waals surface area contributed by atoms with Gasteiger partial charge in [0.15, 0.2) is 17.5 Å². The predicted molar refractivity (Wildman–Crippen MR) is 121 cm³/mol. The van der Waals surface area contributed by atoms with Crippen molar-refractivity contribution in [2.75, 3.05) is 16.6 Å². The summed E-state index contributed by atoms with van der Waals surface area (Å²) >= 11 is 6.08. The molecule has 3 heterocycles. The molecule has 34 heavy (non-hydrogen) atoms. The van der Waals surface area contributed by atoms with Crippen molar-refractivity contribution in [1.82, 2.24) is 9.97 Å². The summed E-state index contributed by atoms with van der Waals surface area (Å²) in [5.74, 6) is -1.98. The molecule has 0 spiro atoms. The van der Waals surface area contributed by atoms with Crippen LogP contribution in [-0.2, 0) is 14.8 Å². The number of pyridine rings is 2. The number of benzene rings is 2. The van der Waals surface area contributed by atoms with Crippen molar-refractivity contribution in [2.24, 2.45) is 0 Å². The molecule has 1 amide bonds. The van der Waals surface area contributed by atoms with Crippen LogP contribution in [0.15, 0.2) is 59.8 Å². The average Bonchev–Trinajstić information content (AvgIpc) is 2.79. The number of aromatic nitrogens is 2. The molecule has 1 aliphatic rings. The Kier molecular flexibility index (Phi) is 5.29. The molecule has 172 valence electrons. The van der Waals surface area contributed by atoms with Crippen molar-refractivity contribution in [2.45, 2.75) is 4.90 Å². The van der Waals surface area contributed by atoms with Crippen LogP contribution in [0.5, 0.6) is 5.75 Å². The van der Waals surface area contributed by atoms with Crippen LogP contribution < -0.4 is 14.8 Å². The van der Waals surface area contributed by atoms with Gasteiger partial charge in [-0.2, -0.15) is 0 Å². The quantitative estimate of drug-likeness (QED) is 0.401. The van der Waals surface area contributed by atoms with E-state index in [9.17, 15) is 22.0 Å². The largest absolute Gasteiger partial charge is 0.481 e. The topological polar surface area (TPSA) is 110 Å². The van der Waals surface area contributed by atoms with Gasteiger partial charge in [-0.1, -0.05) is 17.7 Å². The molecule has 5 rings (SSSR count). The predicted octanol–water partition coefficient (Wildman–Crippen LogP) is 4.36. The lowest BCUT2D eigenvalue weighted by atomic mass is 10.0. The zero-order chi connectivity index (χ0) is 24.0. The Balaban J connectivity index is 1.54. The molecule has 0 aliphatic carbocycles. The Bertz CT molecular complexity index is 1600. The molecule has 0 atom stereocenters. The molecule has 0 bridgehead atoms. The molecule has 4 aromatic rings. The third-order valence-corrected chi connectivity index (χ3v) is 6.74. The maximum atomic E-state index is 14.1. The van der Waals surface area contributed by atoms with E-state index >= 15 is 0 Å². The standard InChI is InChI=1S/C22H13ClF2N4O4S/c23-22-17(29-34(31,32)19-4-2-13(24)7-15(19)25)6-12(8-27-22)11-1-3-16-14(5-11)21-18(9-26-16)28-20(30)10-33-21/h1-9,29H,10H2,(H,28,30). The van der Waals surface area contributed by atoms with E-state index in [1.807, 2.05) is 0 Å². The first kappa shape index (κ1) is 22.0. The van der Waals surface area contributed by atoms with Crippen molar-refractivity contribution in [3.63, 3.8) is 0 Å². The van der Waals surface area contributed by atoms with Crippen molar-refractivity contribution in [1.29, 1.82) is 0 Å². The number of hydrogen-bond donors (Lipinski definition) is 2. The molecule has 2 N–H and O–H groups in total. The number of amides is 1. The monoisotopic (exact) mass is 502 g/mol. The van der Waals surface area contributed by atoms with E-state index in [4.69, 9.17) is 16.3 Å². The zero-order valence-electron chi connectivity index (χ0n) is 17.0. The van der Waals surface area contributed by atoms with Gasteiger partial charge in [-0.25, -0.2) is 22.2 Å². The fraction of sp³-hybridized carbons (Fsp3) is 0.0455. The average molecular weight is 503 g/mol. The summed E-state index contributed by atoms with van der Waals surface area (Å²) in [6.45, 7) is -0.134.